The number of aromatic amines is 1. The number of aryl methyl sites for hydroxylation is 1. The first-order chi connectivity index (χ1) is 12.6. The van der Waals surface area contributed by atoms with Gasteiger partial charge in [-0.3, -0.25) is 9.59 Å². The van der Waals surface area contributed by atoms with Crippen molar-refractivity contribution in [3.63, 3.8) is 0 Å². The molecule has 3 aromatic rings. The van der Waals surface area contributed by atoms with Gasteiger partial charge < -0.3 is 10.3 Å². The zero-order valence-corrected chi connectivity index (χ0v) is 14.7. The van der Waals surface area contributed by atoms with Gasteiger partial charge in [-0.1, -0.05) is 18.2 Å². The largest absolute Gasteiger partial charge is 0.351 e. The Labute approximate surface area is 151 Å². The van der Waals surface area contributed by atoms with Crippen molar-refractivity contribution < 1.29 is 4.79 Å². The van der Waals surface area contributed by atoms with Crippen LogP contribution in [0.15, 0.2) is 47.3 Å². The number of carbonyl (C=O) groups is 1. The van der Waals surface area contributed by atoms with Crippen LogP contribution in [-0.2, 0) is 0 Å². The third-order valence-electron chi connectivity index (χ3n) is 5.11. The molecule has 2 aromatic heterocycles. The summed E-state index contributed by atoms with van der Waals surface area (Å²) in [5.41, 5.74) is 2.34. The zero-order valence-electron chi connectivity index (χ0n) is 14.7. The maximum Gasteiger partial charge on any atom is 0.267 e. The van der Waals surface area contributed by atoms with Crippen LogP contribution in [0.1, 0.15) is 47.9 Å². The van der Waals surface area contributed by atoms with Crippen LogP contribution in [0, 0.1) is 6.92 Å². The molecule has 0 aliphatic heterocycles. The van der Waals surface area contributed by atoms with Crippen molar-refractivity contribution in [2.24, 2.45) is 0 Å². The number of nitrogens with zero attached hydrogens (tertiary/aromatic N) is 2. The lowest BCUT2D eigenvalue weighted by Gasteiger charge is -2.29. The Balaban J connectivity index is 1.39. The molecule has 0 spiro atoms. The number of hydrogen-bond donors (Lipinski definition) is 2. The van der Waals surface area contributed by atoms with Crippen LogP contribution in [0.2, 0.25) is 0 Å². The molecule has 1 aromatic carbocycles. The lowest BCUT2D eigenvalue weighted by molar-refractivity contribution is 0.0917. The summed E-state index contributed by atoms with van der Waals surface area (Å²) < 4.78 is 1.60. The molecule has 0 atom stereocenters. The van der Waals surface area contributed by atoms with E-state index in [1.54, 1.807) is 16.8 Å². The van der Waals surface area contributed by atoms with Gasteiger partial charge in [0, 0.05) is 23.0 Å². The second-order valence-corrected chi connectivity index (χ2v) is 7.01. The van der Waals surface area contributed by atoms with Gasteiger partial charge in [0.1, 0.15) is 5.69 Å². The predicted octanol–water partition coefficient (Wildman–Crippen LogP) is 2.95. The molecule has 0 bridgehead atoms. The molecule has 4 rings (SSSR count). The van der Waals surface area contributed by atoms with Gasteiger partial charge in [-0.15, -0.1) is 0 Å². The first-order valence-corrected chi connectivity index (χ1v) is 9.05. The lowest BCUT2D eigenvalue weighted by Crippen LogP contribution is -2.39. The second kappa shape index (κ2) is 6.78. The highest BCUT2D eigenvalue weighted by atomic mass is 16.2. The fourth-order valence-electron chi connectivity index (χ4n) is 3.71. The number of hydrogen-bond acceptors (Lipinski definition) is 3. The average molecular weight is 350 g/mol. The molecule has 1 aliphatic carbocycles. The second-order valence-electron chi connectivity index (χ2n) is 7.01. The number of nitrogens with one attached hydrogen (secondary N) is 2. The van der Waals surface area contributed by atoms with Crippen molar-refractivity contribution in [2.75, 3.05) is 0 Å². The zero-order chi connectivity index (χ0) is 18.1. The maximum absolute atomic E-state index is 12.5. The van der Waals surface area contributed by atoms with Crippen molar-refractivity contribution in [1.82, 2.24) is 20.1 Å². The molecule has 1 fully saturated rings. The van der Waals surface area contributed by atoms with Gasteiger partial charge in [-0.25, -0.2) is 4.68 Å². The monoisotopic (exact) mass is 350 g/mol. The summed E-state index contributed by atoms with van der Waals surface area (Å²) in [7, 11) is 0. The number of fused-ring (bicyclic) bond motifs is 1. The van der Waals surface area contributed by atoms with Crippen molar-refractivity contribution in [3.8, 4) is 0 Å². The van der Waals surface area contributed by atoms with Crippen LogP contribution >= 0.6 is 0 Å². The van der Waals surface area contributed by atoms with Gasteiger partial charge in [0.15, 0.2) is 0 Å². The smallest absolute Gasteiger partial charge is 0.267 e. The van der Waals surface area contributed by atoms with E-state index in [4.69, 9.17) is 0 Å². The average Bonchev–Trinajstić information content (AvgIpc) is 3.09. The van der Waals surface area contributed by atoms with Gasteiger partial charge in [-0.2, -0.15) is 5.10 Å². The van der Waals surface area contributed by atoms with Crippen molar-refractivity contribution in [2.45, 2.75) is 44.7 Å². The number of carbonyl (C=O) groups excluding carboxylic acids is 1. The van der Waals surface area contributed by atoms with Crippen molar-refractivity contribution >= 4 is 16.8 Å². The van der Waals surface area contributed by atoms with Crippen molar-refractivity contribution in [3.05, 3.63) is 64.2 Å². The summed E-state index contributed by atoms with van der Waals surface area (Å²) in [6.07, 6.45) is 3.37. The molecule has 1 saturated carbocycles. The fraction of sp³-hybridized carbons (Fsp3) is 0.350. The topological polar surface area (TPSA) is 79.8 Å². The highest BCUT2D eigenvalue weighted by Crippen LogP contribution is 2.27. The van der Waals surface area contributed by atoms with Gasteiger partial charge in [0.05, 0.1) is 11.7 Å². The minimum absolute atomic E-state index is 0.0545. The first-order valence-electron chi connectivity index (χ1n) is 9.05. The van der Waals surface area contributed by atoms with E-state index in [1.807, 2.05) is 37.3 Å². The summed E-state index contributed by atoms with van der Waals surface area (Å²) >= 11 is 0. The normalized spacial score (nSPS) is 20.2. The van der Waals surface area contributed by atoms with E-state index in [2.05, 4.69) is 15.4 Å². The molecule has 0 unspecified atom stereocenters. The Morgan fingerprint density at radius 3 is 2.69 bits per heavy atom. The molecule has 1 amide bonds. The molecule has 2 N–H and O–H groups in total. The quantitative estimate of drug-likeness (QED) is 0.762. The number of H-pyrrole nitrogens is 1. The van der Waals surface area contributed by atoms with E-state index < -0.39 is 0 Å². The van der Waals surface area contributed by atoms with Crippen LogP contribution in [0.5, 0.6) is 0 Å². The molecule has 1 aliphatic rings. The van der Waals surface area contributed by atoms with Gasteiger partial charge >= 0.3 is 0 Å². The number of benzene rings is 1. The maximum atomic E-state index is 12.5. The highest BCUT2D eigenvalue weighted by molar-refractivity contribution is 5.98. The summed E-state index contributed by atoms with van der Waals surface area (Å²) in [6.45, 7) is 1.89. The summed E-state index contributed by atoms with van der Waals surface area (Å²) in [4.78, 5) is 27.7. The van der Waals surface area contributed by atoms with E-state index in [0.29, 0.717) is 5.69 Å². The van der Waals surface area contributed by atoms with Crippen LogP contribution in [0.4, 0.5) is 0 Å². The van der Waals surface area contributed by atoms with Gasteiger partial charge in [-0.05, 0) is 50.8 Å². The molecule has 0 radical (unpaired) electrons. The van der Waals surface area contributed by atoms with E-state index in [1.165, 1.54) is 0 Å². The molecular weight excluding hydrogens is 328 g/mol. The number of amides is 1. The summed E-state index contributed by atoms with van der Waals surface area (Å²) in [5.74, 6) is -0.0736. The molecule has 6 heteroatoms. The standard InChI is InChI=1S/C20H22N4O2/c1-13-6-11-19(25)24(23-13)16-9-7-15(8-10-16)21-20(26)18-12-14-4-2-3-5-17(14)22-18/h2-6,11-12,15-16,22H,7-10H2,1H3,(H,21,26). The van der Waals surface area contributed by atoms with Crippen LogP contribution in [-0.4, -0.2) is 26.7 Å². The Morgan fingerprint density at radius 1 is 1.15 bits per heavy atom. The number of aromatic nitrogens is 3. The minimum Gasteiger partial charge on any atom is -0.351 e. The molecule has 0 saturated heterocycles. The fourth-order valence-corrected chi connectivity index (χ4v) is 3.71. The van der Waals surface area contributed by atoms with E-state index in [0.717, 1.165) is 42.3 Å². The minimum atomic E-state index is -0.0736. The highest BCUT2D eigenvalue weighted by Gasteiger charge is 2.25. The van der Waals surface area contributed by atoms with Gasteiger partial charge in [0.25, 0.3) is 11.5 Å². The molecule has 26 heavy (non-hydrogen) atoms. The summed E-state index contributed by atoms with van der Waals surface area (Å²) in [5, 5.41) is 8.52. The van der Waals surface area contributed by atoms with Crippen LogP contribution < -0.4 is 10.9 Å². The predicted molar refractivity (Wildman–Crippen MR) is 100 cm³/mol. The lowest BCUT2D eigenvalue weighted by atomic mass is 9.91. The molecule has 134 valence electrons. The molecule has 6 nitrogen and oxygen atoms in total. The van der Waals surface area contributed by atoms with Gasteiger partial charge in [0.2, 0.25) is 0 Å². The first kappa shape index (κ1) is 16.6. The molecule has 2 heterocycles. The number of para-hydroxylation sites is 1. The Kier molecular flexibility index (Phi) is 4.32. The van der Waals surface area contributed by atoms with E-state index in [9.17, 15) is 9.59 Å². The Hall–Kier alpha value is -2.89. The molecular formula is C20H22N4O2. The SMILES string of the molecule is Cc1ccc(=O)n(C2CCC(NC(=O)c3cc4ccccc4[nH]3)CC2)n1. The Bertz CT molecular complexity index is 963. The van der Waals surface area contributed by atoms with Crippen LogP contribution in [0.3, 0.4) is 0 Å². The van der Waals surface area contributed by atoms with Crippen molar-refractivity contribution in [1.29, 1.82) is 0 Å². The van der Waals surface area contributed by atoms with Crippen LogP contribution in [0.25, 0.3) is 10.9 Å². The third kappa shape index (κ3) is 3.27. The number of rotatable bonds is 3. The van der Waals surface area contributed by atoms with E-state index in [-0.39, 0.29) is 23.6 Å². The third-order valence-corrected chi connectivity index (χ3v) is 5.11. The van der Waals surface area contributed by atoms with E-state index >= 15 is 0 Å². The Morgan fingerprint density at radius 2 is 1.92 bits per heavy atom. The summed E-state index contributed by atoms with van der Waals surface area (Å²) in [6, 6.07) is 13.3.